The molecule has 0 aliphatic heterocycles. The summed E-state index contributed by atoms with van der Waals surface area (Å²) in [4.78, 5) is 0. The van der Waals surface area contributed by atoms with Gasteiger partial charge in [0.2, 0.25) is 0 Å². The average Bonchev–Trinajstić information content (AvgIpc) is 2.48. The molecule has 0 saturated heterocycles. The Labute approximate surface area is 114 Å². The van der Waals surface area contributed by atoms with Gasteiger partial charge in [-0.05, 0) is 25.2 Å². The zero-order chi connectivity index (χ0) is 14.1. The van der Waals surface area contributed by atoms with E-state index < -0.39 is 0 Å². The van der Waals surface area contributed by atoms with E-state index >= 15 is 0 Å². The van der Waals surface area contributed by atoms with Crippen molar-refractivity contribution < 1.29 is 0 Å². The molecule has 0 heterocycles. The van der Waals surface area contributed by atoms with Crippen molar-refractivity contribution in [2.75, 3.05) is 14.1 Å². The lowest BCUT2D eigenvalue weighted by Crippen LogP contribution is -2.07. The van der Waals surface area contributed by atoms with Gasteiger partial charge in [-0.15, -0.1) is 0 Å². The third-order valence-corrected chi connectivity index (χ3v) is 2.46. The molecule has 0 aromatic heterocycles. The Balaban J connectivity index is 0.000000550. The van der Waals surface area contributed by atoms with Crippen LogP contribution in [0.4, 0.5) is 0 Å². The number of nitrogens with one attached hydrogen (secondary N) is 1. The van der Waals surface area contributed by atoms with Gasteiger partial charge < -0.3 is 16.8 Å². The van der Waals surface area contributed by atoms with Crippen LogP contribution in [0.3, 0.4) is 0 Å². The maximum atomic E-state index is 6.03. The van der Waals surface area contributed by atoms with Crippen molar-refractivity contribution in [1.82, 2.24) is 5.32 Å². The van der Waals surface area contributed by atoms with E-state index in [1.807, 2.05) is 74.8 Å². The second-order valence-electron chi connectivity index (χ2n) is 4.06. The van der Waals surface area contributed by atoms with Crippen molar-refractivity contribution in [2.24, 2.45) is 11.5 Å². The summed E-state index contributed by atoms with van der Waals surface area (Å²) in [5, 5.41) is 2.75. The molecule has 0 saturated carbocycles. The smallest absolute Gasteiger partial charge is 0.0627 e. The molecule has 0 aliphatic rings. The summed E-state index contributed by atoms with van der Waals surface area (Å²) in [7, 11) is 3.75. The Kier molecular flexibility index (Phi) is 6.19. The van der Waals surface area contributed by atoms with Crippen molar-refractivity contribution in [3.05, 3.63) is 71.8 Å². The minimum absolute atomic E-state index is 0.617. The standard InChI is InChI=1S/C14H14N2.C2H7N/c15-13(11-7-3-1-4-8-11)14(16)12-9-5-2-6-10-12;1-3-2/h1-10H,15-16H2;3H,1-2H3. The van der Waals surface area contributed by atoms with Gasteiger partial charge in [0.15, 0.2) is 0 Å². The van der Waals surface area contributed by atoms with Crippen LogP contribution < -0.4 is 16.8 Å². The van der Waals surface area contributed by atoms with Crippen LogP contribution in [0.2, 0.25) is 0 Å². The van der Waals surface area contributed by atoms with Gasteiger partial charge in [-0.25, -0.2) is 0 Å². The summed E-state index contributed by atoms with van der Waals surface area (Å²) in [6.07, 6.45) is 0. The Bertz CT molecular complexity index is 457. The Morgan fingerprint density at radius 1 is 0.684 bits per heavy atom. The number of nitrogens with two attached hydrogens (primary N) is 2. The average molecular weight is 255 g/mol. The van der Waals surface area contributed by atoms with Gasteiger partial charge in [0.25, 0.3) is 0 Å². The fourth-order valence-electron chi connectivity index (χ4n) is 1.55. The molecule has 3 nitrogen and oxygen atoms in total. The fourth-order valence-corrected chi connectivity index (χ4v) is 1.55. The number of hydrogen-bond acceptors (Lipinski definition) is 3. The highest BCUT2D eigenvalue weighted by molar-refractivity contribution is 5.87. The van der Waals surface area contributed by atoms with Crippen LogP contribution in [0, 0.1) is 0 Å². The van der Waals surface area contributed by atoms with Crippen LogP contribution in [-0.4, -0.2) is 14.1 Å². The summed E-state index contributed by atoms with van der Waals surface area (Å²) >= 11 is 0. The van der Waals surface area contributed by atoms with Gasteiger partial charge >= 0.3 is 0 Å². The van der Waals surface area contributed by atoms with Crippen LogP contribution in [0.1, 0.15) is 11.1 Å². The van der Waals surface area contributed by atoms with Gasteiger partial charge in [0.1, 0.15) is 0 Å². The number of rotatable bonds is 2. The molecule has 2 aromatic rings. The van der Waals surface area contributed by atoms with Crippen molar-refractivity contribution >= 4 is 11.4 Å². The Morgan fingerprint density at radius 2 is 0.947 bits per heavy atom. The van der Waals surface area contributed by atoms with Gasteiger partial charge in [-0.2, -0.15) is 0 Å². The molecule has 0 amide bonds. The molecule has 0 unspecified atom stereocenters. The quantitative estimate of drug-likeness (QED) is 0.721. The van der Waals surface area contributed by atoms with Crippen molar-refractivity contribution in [3.63, 3.8) is 0 Å². The number of hydrogen-bond donors (Lipinski definition) is 3. The molecule has 0 radical (unpaired) electrons. The van der Waals surface area contributed by atoms with E-state index in [0.29, 0.717) is 11.4 Å². The Hall–Kier alpha value is -2.26. The van der Waals surface area contributed by atoms with Crippen molar-refractivity contribution in [3.8, 4) is 0 Å². The zero-order valence-electron chi connectivity index (χ0n) is 11.4. The van der Waals surface area contributed by atoms with Crippen LogP contribution in [0.15, 0.2) is 60.7 Å². The third-order valence-electron chi connectivity index (χ3n) is 2.46. The van der Waals surface area contributed by atoms with E-state index in [4.69, 9.17) is 11.5 Å². The van der Waals surface area contributed by atoms with E-state index in [1.54, 1.807) is 0 Å². The van der Waals surface area contributed by atoms with E-state index in [9.17, 15) is 0 Å². The highest BCUT2D eigenvalue weighted by atomic mass is 14.7. The molecule has 0 bridgehead atoms. The van der Waals surface area contributed by atoms with Gasteiger partial charge in [-0.3, -0.25) is 0 Å². The normalized spacial score (nSPS) is 11.1. The molecule has 3 heteroatoms. The molecule has 19 heavy (non-hydrogen) atoms. The van der Waals surface area contributed by atoms with Crippen LogP contribution >= 0.6 is 0 Å². The maximum absolute atomic E-state index is 6.03. The lowest BCUT2D eigenvalue weighted by molar-refractivity contribution is 1.02. The minimum atomic E-state index is 0.617. The summed E-state index contributed by atoms with van der Waals surface area (Å²) in [5.41, 5.74) is 15.2. The molecule has 2 aromatic carbocycles. The maximum Gasteiger partial charge on any atom is 0.0627 e. The molecular weight excluding hydrogens is 234 g/mol. The summed E-state index contributed by atoms with van der Waals surface area (Å²) < 4.78 is 0. The first-order valence-electron chi connectivity index (χ1n) is 6.15. The van der Waals surface area contributed by atoms with Crippen molar-refractivity contribution in [1.29, 1.82) is 0 Å². The number of benzene rings is 2. The van der Waals surface area contributed by atoms with Crippen LogP contribution in [-0.2, 0) is 0 Å². The molecular formula is C16H21N3. The SMILES string of the molecule is CNC.NC(=C(N)c1ccccc1)c1ccccc1. The summed E-state index contributed by atoms with van der Waals surface area (Å²) in [6.45, 7) is 0. The van der Waals surface area contributed by atoms with Gasteiger partial charge in [0, 0.05) is 0 Å². The topological polar surface area (TPSA) is 64.1 Å². The van der Waals surface area contributed by atoms with Gasteiger partial charge in [-0.1, -0.05) is 60.7 Å². The lowest BCUT2D eigenvalue weighted by atomic mass is 10.1. The highest BCUT2D eigenvalue weighted by Crippen LogP contribution is 2.17. The summed E-state index contributed by atoms with van der Waals surface area (Å²) in [5.74, 6) is 0. The largest absolute Gasteiger partial charge is 0.397 e. The Morgan fingerprint density at radius 3 is 1.21 bits per heavy atom. The molecule has 0 spiro atoms. The predicted molar refractivity (Wildman–Crippen MR) is 83.1 cm³/mol. The fraction of sp³-hybridized carbons (Fsp3) is 0.125. The van der Waals surface area contributed by atoms with Crippen LogP contribution in [0.25, 0.3) is 11.4 Å². The first kappa shape index (κ1) is 14.8. The predicted octanol–water partition coefficient (Wildman–Crippen LogP) is 2.27. The van der Waals surface area contributed by atoms with E-state index in [1.165, 1.54) is 0 Å². The highest BCUT2D eigenvalue weighted by Gasteiger charge is 2.03. The first-order chi connectivity index (χ1) is 9.20. The van der Waals surface area contributed by atoms with Crippen LogP contribution in [0.5, 0.6) is 0 Å². The van der Waals surface area contributed by atoms with E-state index in [-0.39, 0.29) is 0 Å². The molecule has 0 aliphatic carbocycles. The lowest BCUT2D eigenvalue weighted by Gasteiger charge is -2.07. The van der Waals surface area contributed by atoms with Gasteiger partial charge in [0.05, 0.1) is 11.4 Å². The second-order valence-corrected chi connectivity index (χ2v) is 4.06. The third kappa shape index (κ3) is 4.48. The first-order valence-corrected chi connectivity index (χ1v) is 6.15. The monoisotopic (exact) mass is 255 g/mol. The van der Waals surface area contributed by atoms with Crippen molar-refractivity contribution in [2.45, 2.75) is 0 Å². The molecule has 100 valence electrons. The molecule has 2 rings (SSSR count). The second kappa shape index (κ2) is 7.95. The minimum Gasteiger partial charge on any atom is -0.397 e. The zero-order valence-corrected chi connectivity index (χ0v) is 11.4. The molecule has 0 fully saturated rings. The molecule has 5 N–H and O–H groups in total. The summed E-state index contributed by atoms with van der Waals surface area (Å²) in [6, 6.07) is 19.5. The molecule has 0 atom stereocenters. The van der Waals surface area contributed by atoms with E-state index in [0.717, 1.165) is 11.1 Å². The van der Waals surface area contributed by atoms with E-state index in [2.05, 4.69) is 5.32 Å².